The second-order valence-electron chi connectivity index (χ2n) is 20.5. The summed E-state index contributed by atoms with van der Waals surface area (Å²) in [5, 5.41) is 0. The van der Waals surface area contributed by atoms with E-state index in [-0.39, 0.29) is 18.0 Å². The highest BCUT2D eigenvalue weighted by atomic mass is 16.7. The van der Waals surface area contributed by atoms with Crippen LogP contribution in [0.15, 0.2) is 0 Å². The van der Waals surface area contributed by atoms with Crippen molar-refractivity contribution in [3.05, 3.63) is 0 Å². The zero-order chi connectivity index (χ0) is 44.9. The molecule has 3 unspecified atom stereocenters. The Morgan fingerprint density at radius 1 is 0.581 bits per heavy atom. The summed E-state index contributed by atoms with van der Waals surface area (Å²) in [5.41, 5.74) is 0. The normalized spacial score (nSPS) is 18.7. The summed E-state index contributed by atoms with van der Waals surface area (Å²) < 4.78 is 25.1. The molecule has 0 aliphatic carbocycles. The van der Waals surface area contributed by atoms with Crippen LogP contribution in [0.5, 0.6) is 0 Å². The van der Waals surface area contributed by atoms with Gasteiger partial charge in [0.15, 0.2) is 5.79 Å². The fraction of sp³-hybridized carbons (Fsp3) is 0.964. The third-order valence-corrected chi connectivity index (χ3v) is 14.6. The van der Waals surface area contributed by atoms with E-state index < -0.39 is 5.79 Å². The highest BCUT2D eigenvalue weighted by Gasteiger charge is 2.41. The molecular weight excluding hydrogens is 771 g/mol. The quantitative estimate of drug-likeness (QED) is 0.0447. The molecule has 7 heteroatoms. The number of unbranched alkanes of at least 4 members (excludes halogenated alkanes) is 18. The molecule has 0 aromatic carbocycles. The number of carbonyl (C=O) groups excluding carboxylic acids is 2. The highest BCUT2D eigenvalue weighted by molar-refractivity contribution is 5.70. The number of ether oxygens (including phenoxy) is 4. The molecule has 3 atom stereocenters. The number of carbonyl (C=O) groups is 2. The lowest BCUT2D eigenvalue weighted by Crippen LogP contribution is -2.31. The molecule has 2 rings (SSSR count). The molecule has 0 radical (unpaired) electrons. The summed E-state index contributed by atoms with van der Waals surface area (Å²) in [6.07, 6.45) is 41.8. The Labute approximate surface area is 385 Å². The van der Waals surface area contributed by atoms with Crippen LogP contribution in [-0.2, 0) is 28.5 Å². The van der Waals surface area contributed by atoms with Crippen molar-refractivity contribution in [1.29, 1.82) is 0 Å². The van der Waals surface area contributed by atoms with Crippen LogP contribution in [0.1, 0.15) is 266 Å². The Morgan fingerprint density at radius 3 is 1.47 bits per heavy atom. The Hall–Kier alpha value is -1.18. The van der Waals surface area contributed by atoms with Crippen molar-refractivity contribution < 1.29 is 28.5 Å². The Morgan fingerprint density at radius 2 is 1.02 bits per heavy atom. The van der Waals surface area contributed by atoms with Gasteiger partial charge in [0.1, 0.15) is 0 Å². The summed E-state index contributed by atoms with van der Waals surface area (Å²) in [4.78, 5) is 27.8. The van der Waals surface area contributed by atoms with Crippen LogP contribution in [0.2, 0.25) is 0 Å². The maximum absolute atomic E-state index is 12.6. The molecule has 2 heterocycles. The molecule has 0 spiro atoms. The second-order valence-corrected chi connectivity index (χ2v) is 20.5. The molecule has 2 aliphatic heterocycles. The predicted octanol–water partition coefficient (Wildman–Crippen LogP) is 15.7. The van der Waals surface area contributed by atoms with E-state index in [0.717, 1.165) is 70.3 Å². The number of nitrogens with zero attached hydrogens (tertiary/aromatic N) is 1. The molecule has 7 nitrogen and oxygen atoms in total. The first kappa shape index (κ1) is 56.9. The summed E-state index contributed by atoms with van der Waals surface area (Å²) in [7, 11) is 2.27. The lowest BCUT2D eigenvalue weighted by Gasteiger charge is -2.30. The van der Waals surface area contributed by atoms with Crippen molar-refractivity contribution >= 4 is 11.9 Å². The van der Waals surface area contributed by atoms with Gasteiger partial charge >= 0.3 is 11.9 Å². The van der Waals surface area contributed by atoms with Gasteiger partial charge < -0.3 is 23.8 Å². The Kier molecular flexibility index (Phi) is 34.9. The zero-order valence-electron chi connectivity index (χ0n) is 42.3. The number of hydrogen-bond donors (Lipinski definition) is 0. The van der Waals surface area contributed by atoms with Crippen LogP contribution in [0, 0.1) is 23.7 Å². The molecule has 0 N–H and O–H groups in total. The van der Waals surface area contributed by atoms with Crippen LogP contribution < -0.4 is 0 Å². The van der Waals surface area contributed by atoms with Crippen LogP contribution >= 0.6 is 0 Å². The molecule has 0 saturated carbocycles. The SMILES string of the molecule is CCCCCC(CCCCC)CC(=O)OCCCCCCCCC1(CCCCCCCCOC(=O)CC(CCCCC)CCCCC)OCC(CC(C)C2CCCN(C)CC2)O1. The van der Waals surface area contributed by atoms with Crippen LogP contribution in [0.25, 0.3) is 0 Å². The predicted molar refractivity (Wildman–Crippen MR) is 262 cm³/mol. The van der Waals surface area contributed by atoms with Crippen molar-refractivity contribution in [2.24, 2.45) is 23.7 Å². The van der Waals surface area contributed by atoms with Gasteiger partial charge in [0, 0.05) is 25.7 Å². The monoisotopic (exact) mass is 876 g/mol. The third kappa shape index (κ3) is 28.7. The first-order valence-electron chi connectivity index (χ1n) is 27.6. The van der Waals surface area contributed by atoms with Crippen molar-refractivity contribution in [2.75, 3.05) is 40.0 Å². The maximum Gasteiger partial charge on any atom is 0.306 e. The van der Waals surface area contributed by atoms with Gasteiger partial charge in [-0.2, -0.15) is 0 Å². The van der Waals surface area contributed by atoms with E-state index in [2.05, 4.69) is 46.6 Å². The maximum atomic E-state index is 12.6. The van der Waals surface area contributed by atoms with Gasteiger partial charge in [0.25, 0.3) is 0 Å². The van der Waals surface area contributed by atoms with E-state index in [1.807, 2.05) is 0 Å². The topological polar surface area (TPSA) is 74.3 Å². The third-order valence-electron chi connectivity index (χ3n) is 14.6. The molecule has 2 saturated heterocycles. The zero-order valence-corrected chi connectivity index (χ0v) is 42.3. The molecule has 0 aromatic heterocycles. The average Bonchev–Trinajstić information content (AvgIpc) is 3.51. The van der Waals surface area contributed by atoms with E-state index >= 15 is 0 Å². The van der Waals surface area contributed by atoms with E-state index in [0.29, 0.717) is 43.8 Å². The Bertz CT molecular complexity index is 977. The minimum absolute atomic E-state index is 0.0202. The summed E-state index contributed by atoms with van der Waals surface area (Å²) in [6.45, 7) is 15.8. The smallest absolute Gasteiger partial charge is 0.306 e. The lowest BCUT2D eigenvalue weighted by atomic mass is 9.84. The van der Waals surface area contributed by atoms with Gasteiger partial charge in [-0.1, -0.05) is 163 Å². The first-order valence-corrected chi connectivity index (χ1v) is 27.6. The molecule has 2 aliphatic rings. The van der Waals surface area contributed by atoms with Gasteiger partial charge in [-0.05, 0) is 121 Å². The van der Waals surface area contributed by atoms with Crippen LogP contribution in [0.4, 0.5) is 0 Å². The van der Waals surface area contributed by atoms with Crippen molar-refractivity contribution in [3.63, 3.8) is 0 Å². The van der Waals surface area contributed by atoms with Crippen LogP contribution in [-0.4, -0.2) is 68.7 Å². The van der Waals surface area contributed by atoms with Gasteiger partial charge in [-0.25, -0.2) is 0 Å². The number of esters is 2. The molecule has 366 valence electrons. The van der Waals surface area contributed by atoms with Crippen molar-refractivity contribution in [1.82, 2.24) is 4.90 Å². The molecule has 0 amide bonds. The fourth-order valence-corrected chi connectivity index (χ4v) is 10.4. The first-order chi connectivity index (χ1) is 30.2. The molecular formula is C55H105NO6. The molecule has 2 fully saturated rings. The minimum Gasteiger partial charge on any atom is -0.466 e. The molecule has 0 aromatic rings. The Balaban J connectivity index is 1.71. The largest absolute Gasteiger partial charge is 0.466 e. The van der Waals surface area contributed by atoms with E-state index in [1.54, 1.807) is 0 Å². The summed E-state index contributed by atoms with van der Waals surface area (Å²) >= 11 is 0. The van der Waals surface area contributed by atoms with Crippen LogP contribution in [0.3, 0.4) is 0 Å². The molecule has 62 heavy (non-hydrogen) atoms. The fourth-order valence-electron chi connectivity index (χ4n) is 10.4. The van der Waals surface area contributed by atoms with E-state index in [9.17, 15) is 9.59 Å². The van der Waals surface area contributed by atoms with Gasteiger partial charge in [0.05, 0.1) is 25.9 Å². The van der Waals surface area contributed by atoms with E-state index in [4.69, 9.17) is 18.9 Å². The lowest BCUT2D eigenvalue weighted by molar-refractivity contribution is -0.181. The summed E-state index contributed by atoms with van der Waals surface area (Å²) in [5.74, 6) is 2.07. The number of hydrogen-bond acceptors (Lipinski definition) is 7. The molecule has 0 bridgehead atoms. The number of likely N-dealkylation sites (tertiary alicyclic amines) is 1. The van der Waals surface area contributed by atoms with Gasteiger partial charge in [-0.15, -0.1) is 0 Å². The van der Waals surface area contributed by atoms with Crippen molar-refractivity contribution in [3.8, 4) is 0 Å². The summed E-state index contributed by atoms with van der Waals surface area (Å²) in [6, 6.07) is 0. The average molecular weight is 876 g/mol. The second kappa shape index (κ2) is 38.0. The van der Waals surface area contributed by atoms with Gasteiger partial charge in [-0.3, -0.25) is 9.59 Å². The van der Waals surface area contributed by atoms with E-state index in [1.165, 1.54) is 174 Å². The van der Waals surface area contributed by atoms with Crippen molar-refractivity contribution in [2.45, 2.75) is 278 Å². The van der Waals surface area contributed by atoms with Gasteiger partial charge in [0.2, 0.25) is 0 Å². The standard InChI is InChI=1S/C55H105NO6/c1-7-11-23-32-49(33-24-12-8-2)45-53(57)59-42-29-21-17-15-19-27-38-55(61-47-52(62-55)44-48(5)51-36-31-40-56(6)41-37-51)39-28-20-16-18-22-30-43-60-54(58)46-50(34-25-13-9-3)35-26-14-10-4/h48-52H,7-47H2,1-6H3. The number of rotatable bonds is 41. The minimum atomic E-state index is -0.424. The highest BCUT2D eigenvalue weighted by Crippen LogP contribution is 2.38.